The predicted octanol–water partition coefficient (Wildman–Crippen LogP) is 2.31. The number of hydrogen-bond acceptors (Lipinski definition) is 2. The SMILES string of the molecule is C=C(COc1ccc(I)cc1)C(=O)O. The van der Waals surface area contributed by atoms with Crippen molar-refractivity contribution in [1.82, 2.24) is 0 Å². The van der Waals surface area contributed by atoms with Gasteiger partial charge in [0.2, 0.25) is 0 Å². The number of rotatable bonds is 4. The fourth-order valence-corrected chi connectivity index (χ4v) is 1.12. The summed E-state index contributed by atoms with van der Waals surface area (Å²) in [6.07, 6.45) is 0. The number of benzene rings is 1. The number of carboxylic acid groups (broad SMARTS) is 1. The standard InChI is InChI=1S/C10H9IO3/c1-7(10(12)13)6-14-9-4-2-8(11)3-5-9/h2-5H,1,6H2,(H,12,13). The third kappa shape index (κ3) is 3.37. The Labute approximate surface area is 95.5 Å². The minimum Gasteiger partial charge on any atom is -0.489 e. The highest BCUT2D eigenvalue weighted by molar-refractivity contribution is 14.1. The van der Waals surface area contributed by atoms with Crippen LogP contribution in [-0.4, -0.2) is 17.7 Å². The molecule has 0 aliphatic carbocycles. The van der Waals surface area contributed by atoms with Gasteiger partial charge in [-0.25, -0.2) is 4.79 Å². The topological polar surface area (TPSA) is 46.5 Å². The number of carbonyl (C=O) groups is 1. The first-order valence-electron chi connectivity index (χ1n) is 3.89. The second-order valence-electron chi connectivity index (χ2n) is 2.65. The number of hydrogen-bond donors (Lipinski definition) is 1. The third-order valence-corrected chi connectivity index (χ3v) is 2.25. The molecule has 0 amide bonds. The lowest BCUT2D eigenvalue weighted by atomic mass is 10.3. The van der Waals surface area contributed by atoms with Crippen LogP contribution in [0.3, 0.4) is 0 Å². The van der Waals surface area contributed by atoms with Crippen molar-refractivity contribution in [2.75, 3.05) is 6.61 Å². The Bertz CT molecular complexity index is 343. The first-order chi connectivity index (χ1) is 6.59. The van der Waals surface area contributed by atoms with E-state index in [0.29, 0.717) is 5.75 Å². The fraction of sp³-hybridized carbons (Fsp3) is 0.100. The molecule has 0 saturated carbocycles. The van der Waals surface area contributed by atoms with Gasteiger partial charge in [-0.15, -0.1) is 0 Å². The molecule has 0 aromatic heterocycles. The van der Waals surface area contributed by atoms with Crippen molar-refractivity contribution in [3.63, 3.8) is 0 Å². The molecule has 0 fully saturated rings. The molecule has 0 bridgehead atoms. The molecular formula is C10H9IO3. The average molecular weight is 304 g/mol. The van der Waals surface area contributed by atoms with Crippen molar-refractivity contribution >= 4 is 28.6 Å². The minimum absolute atomic E-state index is 0.00985. The molecule has 0 atom stereocenters. The third-order valence-electron chi connectivity index (χ3n) is 1.53. The van der Waals surface area contributed by atoms with Crippen LogP contribution in [0.25, 0.3) is 0 Å². The van der Waals surface area contributed by atoms with Crippen LogP contribution >= 0.6 is 22.6 Å². The molecule has 0 heterocycles. The first-order valence-corrected chi connectivity index (χ1v) is 4.97. The summed E-state index contributed by atoms with van der Waals surface area (Å²) in [7, 11) is 0. The maximum Gasteiger partial charge on any atom is 0.334 e. The van der Waals surface area contributed by atoms with E-state index in [2.05, 4.69) is 29.2 Å². The quantitative estimate of drug-likeness (QED) is 0.686. The number of aliphatic carboxylic acids is 1. The van der Waals surface area contributed by atoms with Gasteiger partial charge in [0.1, 0.15) is 12.4 Å². The zero-order valence-electron chi connectivity index (χ0n) is 7.37. The highest BCUT2D eigenvalue weighted by Crippen LogP contribution is 2.13. The summed E-state index contributed by atoms with van der Waals surface area (Å²) < 4.78 is 6.30. The molecule has 1 N–H and O–H groups in total. The van der Waals surface area contributed by atoms with E-state index in [9.17, 15) is 4.79 Å². The van der Waals surface area contributed by atoms with E-state index >= 15 is 0 Å². The highest BCUT2D eigenvalue weighted by atomic mass is 127. The van der Waals surface area contributed by atoms with Crippen molar-refractivity contribution < 1.29 is 14.6 Å². The molecule has 0 unspecified atom stereocenters. The molecule has 1 aromatic carbocycles. The Hall–Kier alpha value is -1.04. The number of ether oxygens (including phenoxy) is 1. The second kappa shape index (κ2) is 4.99. The first kappa shape index (κ1) is 11.0. The number of halogens is 1. The van der Waals surface area contributed by atoms with Gasteiger partial charge in [-0.2, -0.15) is 0 Å². The van der Waals surface area contributed by atoms with Crippen LogP contribution in [-0.2, 0) is 4.79 Å². The fourth-order valence-electron chi connectivity index (χ4n) is 0.763. The molecule has 0 saturated heterocycles. The van der Waals surface area contributed by atoms with Gasteiger partial charge >= 0.3 is 5.97 Å². The molecule has 74 valence electrons. The average Bonchev–Trinajstić information content (AvgIpc) is 2.16. The second-order valence-corrected chi connectivity index (χ2v) is 3.90. The number of carboxylic acids is 1. The Morgan fingerprint density at radius 2 is 2.00 bits per heavy atom. The van der Waals surface area contributed by atoms with E-state index in [1.54, 1.807) is 12.1 Å². The zero-order valence-corrected chi connectivity index (χ0v) is 9.52. The Balaban J connectivity index is 2.50. The summed E-state index contributed by atoms with van der Waals surface area (Å²) in [4.78, 5) is 10.4. The predicted molar refractivity (Wildman–Crippen MR) is 61.4 cm³/mol. The van der Waals surface area contributed by atoms with Gasteiger partial charge in [-0.3, -0.25) is 0 Å². The van der Waals surface area contributed by atoms with E-state index in [1.807, 2.05) is 12.1 Å². The van der Waals surface area contributed by atoms with Crippen LogP contribution in [0.2, 0.25) is 0 Å². The van der Waals surface area contributed by atoms with E-state index < -0.39 is 5.97 Å². The van der Waals surface area contributed by atoms with E-state index in [4.69, 9.17) is 9.84 Å². The van der Waals surface area contributed by atoms with Gasteiger partial charge in [-0.1, -0.05) is 6.58 Å². The van der Waals surface area contributed by atoms with Crippen LogP contribution < -0.4 is 4.74 Å². The molecule has 14 heavy (non-hydrogen) atoms. The highest BCUT2D eigenvalue weighted by Gasteiger charge is 2.04. The van der Waals surface area contributed by atoms with Crippen LogP contribution in [0.4, 0.5) is 0 Å². The van der Waals surface area contributed by atoms with Gasteiger partial charge in [-0.05, 0) is 46.9 Å². The molecule has 0 radical (unpaired) electrons. The lowest BCUT2D eigenvalue weighted by molar-refractivity contribution is -0.133. The summed E-state index contributed by atoms with van der Waals surface area (Å²) in [5, 5.41) is 8.52. The molecular weight excluding hydrogens is 295 g/mol. The monoisotopic (exact) mass is 304 g/mol. The van der Waals surface area contributed by atoms with E-state index in [1.165, 1.54) is 0 Å². The van der Waals surface area contributed by atoms with Crippen molar-refractivity contribution in [3.05, 3.63) is 40.0 Å². The normalized spacial score (nSPS) is 9.50. The smallest absolute Gasteiger partial charge is 0.334 e. The summed E-state index contributed by atoms with van der Waals surface area (Å²) >= 11 is 2.18. The Morgan fingerprint density at radius 3 is 2.50 bits per heavy atom. The van der Waals surface area contributed by atoms with Crippen molar-refractivity contribution in [2.24, 2.45) is 0 Å². The maximum absolute atomic E-state index is 10.4. The van der Waals surface area contributed by atoms with E-state index in [-0.39, 0.29) is 12.2 Å². The van der Waals surface area contributed by atoms with Crippen molar-refractivity contribution in [3.8, 4) is 5.75 Å². The molecule has 1 aromatic rings. The van der Waals surface area contributed by atoms with Crippen LogP contribution in [0.5, 0.6) is 5.75 Å². The van der Waals surface area contributed by atoms with Crippen LogP contribution in [0, 0.1) is 3.57 Å². The van der Waals surface area contributed by atoms with E-state index in [0.717, 1.165) is 3.57 Å². The van der Waals surface area contributed by atoms with Crippen LogP contribution in [0.1, 0.15) is 0 Å². The molecule has 0 aliphatic rings. The zero-order chi connectivity index (χ0) is 10.6. The summed E-state index contributed by atoms with van der Waals surface area (Å²) in [5.41, 5.74) is 0.0450. The minimum atomic E-state index is -1.03. The Kier molecular flexibility index (Phi) is 3.94. The van der Waals surface area contributed by atoms with Gasteiger partial charge in [0.25, 0.3) is 0 Å². The Morgan fingerprint density at radius 1 is 1.43 bits per heavy atom. The van der Waals surface area contributed by atoms with Gasteiger partial charge in [0.15, 0.2) is 0 Å². The van der Waals surface area contributed by atoms with Gasteiger partial charge < -0.3 is 9.84 Å². The molecule has 0 spiro atoms. The largest absolute Gasteiger partial charge is 0.489 e. The van der Waals surface area contributed by atoms with Gasteiger partial charge in [0.05, 0.1) is 5.57 Å². The lowest BCUT2D eigenvalue weighted by Gasteiger charge is -2.05. The van der Waals surface area contributed by atoms with Crippen molar-refractivity contribution in [1.29, 1.82) is 0 Å². The molecule has 3 nitrogen and oxygen atoms in total. The summed E-state index contributed by atoms with van der Waals surface area (Å²) in [5.74, 6) is -0.386. The summed E-state index contributed by atoms with van der Waals surface area (Å²) in [6, 6.07) is 7.35. The molecule has 0 aliphatic heterocycles. The maximum atomic E-state index is 10.4. The molecule has 4 heteroatoms. The summed E-state index contributed by atoms with van der Waals surface area (Å²) in [6.45, 7) is 3.37. The lowest BCUT2D eigenvalue weighted by Crippen LogP contribution is -2.08. The van der Waals surface area contributed by atoms with Gasteiger partial charge in [0, 0.05) is 3.57 Å². The van der Waals surface area contributed by atoms with Crippen molar-refractivity contribution in [2.45, 2.75) is 0 Å². The molecule has 1 rings (SSSR count). The van der Waals surface area contributed by atoms with Crippen LogP contribution in [0.15, 0.2) is 36.4 Å².